The first kappa shape index (κ1) is 20.3. The number of amides is 1. The van der Waals surface area contributed by atoms with E-state index in [1.54, 1.807) is 17.7 Å². The number of nitrogens with zero attached hydrogens (tertiary/aromatic N) is 4. The van der Waals surface area contributed by atoms with Gasteiger partial charge in [0.05, 0.1) is 18.8 Å². The summed E-state index contributed by atoms with van der Waals surface area (Å²) < 4.78 is 19.3. The standard InChI is InChI=1S/C24H27N5O4/c1-31-21-11-18-14-33-22-4-6-29-23(27-22)20(12-26-29)16-8-17(25-5-7-28(18)24(21)30)10-19(9-16)32-13-15-2-3-15/h4,6,8-10,12,15,18,21,25H,2-3,5,7,11,13-14H2,1H3/t18-,21+/m0/s1. The highest BCUT2D eigenvalue weighted by molar-refractivity contribution is 5.84. The number of carbonyl (C=O) groups excluding carboxylic acids is 1. The van der Waals surface area contributed by atoms with Crippen molar-refractivity contribution in [2.24, 2.45) is 5.92 Å². The van der Waals surface area contributed by atoms with Gasteiger partial charge in [-0.3, -0.25) is 4.79 Å². The molecule has 1 aliphatic carbocycles. The van der Waals surface area contributed by atoms with Crippen molar-refractivity contribution >= 4 is 17.2 Å². The average molecular weight is 450 g/mol. The first-order valence-electron chi connectivity index (χ1n) is 11.5. The molecule has 2 fully saturated rings. The Bertz CT molecular complexity index is 1190. The van der Waals surface area contributed by atoms with Gasteiger partial charge in [0.2, 0.25) is 5.88 Å². The van der Waals surface area contributed by atoms with E-state index in [9.17, 15) is 4.79 Å². The molecule has 0 spiro atoms. The number of hydrogen-bond donors (Lipinski definition) is 1. The maximum Gasteiger partial charge on any atom is 0.252 e. The Hall–Kier alpha value is -3.33. The van der Waals surface area contributed by atoms with E-state index in [0.717, 1.165) is 29.2 Å². The summed E-state index contributed by atoms with van der Waals surface area (Å²) in [4.78, 5) is 19.4. The largest absolute Gasteiger partial charge is 0.493 e. The minimum atomic E-state index is -0.433. The lowest BCUT2D eigenvalue weighted by Gasteiger charge is -2.25. The zero-order valence-electron chi connectivity index (χ0n) is 18.6. The van der Waals surface area contributed by atoms with E-state index in [-0.39, 0.29) is 11.9 Å². The molecule has 3 aromatic rings. The fourth-order valence-electron chi connectivity index (χ4n) is 4.57. The van der Waals surface area contributed by atoms with Crippen LogP contribution >= 0.6 is 0 Å². The zero-order chi connectivity index (χ0) is 22.4. The van der Waals surface area contributed by atoms with Gasteiger partial charge >= 0.3 is 0 Å². The highest BCUT2D eigenvalue weighted by atomic mass is 16.5. The summed E-state index contributed by atoms with van der Waals surface area (Å²) in [6.07, 6.45) is 6.30. The number of aromatic nitrogens is 3. The van der Waals surface area contributed by atoms with Crippen LogP contribution < -0.4 is 14.8 Å². The Labute approximate surface area is 191 Å². The summed E-state index contributed by atoms with van der Waals surface area (Å²) in [6, 6.07) is 7.86. The van der Waals surface area contributed by atoms with E-state index in [0.29, 0.717) is 43.6 Å². The molecule has 1 saturated carbocycles. The minimum absolute atomic E-state index is 0.00342. The van der Waals surface area contributed by atoms with Crippen LogP contribution in [-0.2, 0) is 9.53 Å². The third-order valence-corrected chi connectivity index (χ3v) is 6.62. The van der Waals surface area contributed by atoms with Gasteiger partial charge in [0.1, 0.15) is 18.5 Å². The lowest BCUT2D eigenvalue weighted by Crippen LogP contribution is -2.41. The summed E-state index contributed by atoms with van der Waals surface area (Å²) >= 11 is 0. The second kappa shape index (κ2) is 8.22. The summed E-state index contributed by atoms with van der Waals surface area (Å²) in [6.45, 7) is 2.26. The third kappa shape index (κ3) is 3.97. The van der Waals surface area contributed by atoms with Crippen molar-refractivity contribution in [2.75, 3.05) is 38.7 Å². The van der Waals surface area contributed by atoms with Gasteiger partial charge in [0, 0.05) is 56.2 Å². The van der Waals surface area contributed by atoms with Crippen molar-refractivity contribution in [1.82, 2.24) is 19.5 Å². The fraction of sp³-hybridized carbons (Fsp3) is 0.458. The lowest BCUT2D eigenvalue weighted by molar-refractivity contribution is -0.136. The molecule has 2 aromatic heterocycles. The number of methoxy groups -OCH3 is 1. The van der Waals surface area contributed by atoms with Crippen molar-refractivity contribution < 1.29 is 19.0 Å². The van der Waals surface area contributed by atoms with Crippen molar-refractivity contribution in [3.63, 3.8) is 0 Å². The molecule has 6 rings (SSSR count). The number of fused-ring (bicyclic) bond motifs is 5. The molecule has 1 aromatic carbocycles. The molecule has 3 aliphatic rings. The first-order chi connectivity index (χ1) is 16.2. The van der Waals surface area contributed by atoms with Crippen LogP contribution in [0.5, 0.6) is 11.6 Å². The number of anilines is 1. The second-order valence-electron chi connectivity index (χ2n) is 8.98. The molecule has 4 heterocycles. The van der Waals surface area contributed by atoms with Crippen LogP contribution in [0.2, 0.25) is 0 Å². The van der Waals surface area contributed by atoms with Gasteiger partial charge in [-0.1, -0.05) is 0 Å². The van der Waals surface area contributed by atoms with E-state index in [1.807, 2.05) is 29.4 Å². The lowest BCUT2D eigenvalue weighted by atomic mass is 10.1. The topological polar surface area (TPSA) is 90.2 Å². The number of carbonyl (C=O) groups is 1. The van der Waals surface area contributed by atoms with Crippen LogP contribution in [0.3, 0.4) is 0 Å². The molecular weight excluding hydrogens is 422 g/mol. The van der Waals surface area contributed by atoms with Crippen molar-refractivity contribution in [2.45, 2.75) is 31.4 Å². The van der Waals surface area contributed by atoms with Crippen LogP contribution in [0.15, 0.2) is 36.7 Å². The molecule has 9 nitrogen and oxygen atoms in total. The zero-order valence-corrected chi connectivity index (χ0v) is 18.6. The van der Waals surface area contributed by atoms with Crippen molar-refractivity contribution in [3.05, 3.63) is 36.7 Å². The molecule has 9 heteroatoms. The molecule has 1 N–H and O–H groups in total. The van der Waals surface area contributed by atoms with E-state index < -0.39 is 6.10 Å². The summed E-state index contributed by atoms with van der Waals surface area (Å²) in [7, 11) is 1.58. The number of hydrogen-bond acceptors (Lipinski definition) is 7. The maximum absolute atomic E-state index is 12.8. The van der Waals surface area contributed by atoms with Crippen LogP contribution in [-0.4, -0.2) is 71.0 Å². The first-order valence-corrected chi connectivity index (χ1v) is 11.5. The normalized spacial score (nSPS) is 22.6. The Kier molecular flexibility index (Phi) is 5.05. The average Bonchev–Trinajstić information content (AvgIpc) is 3.49. The molecule has 0 unspecified atom stereocenters. The molecule has 4 bridgehead atoms. The van der Waals surface area contributed by atoms with E-state index in [1.165, 1.54) is 12.8 Å². The van der Waals surface area contributed by atoms with Crippen LogP contribution in [0.1, 0.15) is 19.3 Å². The van der Waals surface area contributed by atoms with Gasteiger partial charge < -0.3 is 24.4 Å². The predicted molar refractivity (Wildman–Crippen MR) is 122 cm³/mol. The van der Waals surface area contributed by atoms with Crippen LogP contribution in [0.4, 0.5) is 5.69 Å². The number of nitrogens with one attached hydrogen (secondary N) is 1. The SMILES string of the molecule is CO[C@@H]1C[C@H]2COc3ccn4ncc(c4n3)-c3cc(cc(OCC4CC4)c3)NCCN2C1=O. The molecule has 1 saturated heterocycles. The van der Waals surface area contributed by atoms with Crippen molar-refractivity contribution in [3.8, 4) is 22.8 Å². The quantitative estimate of drug-likeness (QED) is 0.655. The summed E-state index contributed by atoms with van der Waals surface area (Å²) in [5, 5.41) is 7.95. The molecule has 1 amide bonds. The monoisotopic (exact) mass is 449 g/mol. The number of rotatable bonds is 4. The van der Waals surface area contributed by atoms with E-state index in [2.05, 4.69) is 16.5 Å². The predicted octanol–water partition coefficient (Wildman–Crippen LogP) is 2.61. The van der Waals surface area contributed by atoms with Crippen LogP contribution in [0.25, 0.3) is 16.8 Å². The van der Waals surface area contributed by atoms with Gasteiger partial charge in [-0.2, -0.15) is 10.1 Å². The Morgan fingerprint density at radius 1 is 1.27 bits per heavy atom. The minimum Gasteiger partial charge on any atom is -0.493 e. The molecule has 33 heavy (non-hydrogen) atoms. The van der Waals surface area contributed by atoms with Gasteiger partial charge in [0.15, 0.2) is 5.65 Å². The number of ether oxygens (including phenoxy) is 3. The Morgan fingerprint density at radius 3 is 3.03 bits per heavy atom. The summed E-state index contributed by atoms with van der Waals surface area (Å²) in [5.41, 5.74) is 3.53. The Morgan fingerprint density at radius 2 is 2.18 bits per heavy atom. The third-order valence-electron chi connectivity index (χ3n) is 6.62. The van der Waals surface area contributed by atoms with Gasteiger partial charge in [-0.25, -0.2) is 4.52 Å². The maximum atomic E-state index is 12.8. The Balaban J connectivity index is 1.39. The molecule has 0 radical (unpaired) electrons. The smallest absolute Gasteiger partial charge is 0.252 e. The second-order valence-corrected chi connectivity index (χ2v) is 8.98. The summed E-state index contributed by atoms with van der Waals surface area (Å²) in [5.74, 6) is 1.99. The van der Waals surface area contributed by atoms with E-state index in [4.69, 9.17) is 19.2 Å². The van der Waals surface area contributed by atoms with Crippen molar-refractivity contribution in [1.29, 1.82) is 0 Å². The molecular formula is C24H27N5O4. The molecule has 2 aliphatic heterocycles. The van der Waals surface area contributed by atoms with Gasteiger partial charge in [-0.15, -0.1) is 0 Å². The fourth-order valence-corrected chi connectivity index (χ4v) is 4.57. The highest BCUT2D eigenvalue weighted by Gasteiger charge is 2.39. The molecule has 172 valence electrons. The van der Waals surface area contributed by atoms with Crippen LogP contribution in [0, 0.1) is 5.92 Å². The number of benzene rings is 1. The van der Waals surface area contributed by atoms with Gasteiger partial charge in [0.25, 0.3) is 5.91 Å². The highest BCUT2D eigenvalue weighted by Crippen LogP contribution is 2.34. The van der Waals surface area contributed by atoms with E-state index >= 15 is 0 Å². The van der Waals surface area contributed by atoms with Gasteiger partial charge in [-0.05, 0) is 36.5 Å². The molecule has 2 atom stereocenters.